The van der Waals surface area contributed by atoms with Gasteiger partial charge in [0.1, 0.15) is 6.04 Å². The van der Waals surface area contributed by atoms with E-state index in [4.69, 9.17) is 0 Å². The van der Waals surface area contributed by atoms with E-state index in [1.807, 2.05) is 0 Å². The van der Waals surface area contributed by atoms with Gasteiger partial charge in [0, 0.05) is 0 Å². The first-order valence-electron chi connectivity index (χ1n) is 3.83. The van der Waals surface area contributed by atoms with Crippen molar-refractivity contribution in [2.75, 3.05) is 12.3 Å². The highest BCUT2D eigenvalue weighted by Gasteiger charge is 2.24. The summed E-state index contributed by atoms with van der Waals surface area (Å²) >= 11 is 3.69. The third kappa shape index (κ3) is 2.49. The van der Waals surface area contributed by atoms with Crippen molar-refractivity contribution in [1.82, 2.24) is 5.32 Å². The highest BCUT2D eigenvalue weighted by molar-refractivity contribution is 7.81. The van der Waals surface area contributed by atoms with E-state index in [-0.39, 0.29) is 11.8 Å². The number of carbonyl (C=O) groups is 2. The summed E-state index contributed by atoms with van der Waals surface area (Å²) in [6.07, 6.45) is 1.70. The maximum atomic E-state index is 11.1. The Balaban J connectivity index is 2.32. The van der Waals surface area contributed by atoms with E-state index in [0.29, 0.717) is 0 Å². The average Bonchev–Trinajstić information content (AvgIpc) is 2.56. The van der Waals surface area contributed by atoms with Gasteiger partial charge in [-0.3, -0.25) is 4.79 Å². The summed E-state index contributed by atoms with van der Waals surface area (Å²) in [6.45, 7) is 0.814. The first-order chi connectivity index (χ1) is 5.74. The second-order valence-corrected chi connectivity index (χ2v) is 2.92. The standard InChI is InChI=1S/C7H11NO3S/c9-6(4-12)11-7(10)5-2-1-3-8-5/h5,8,12H,1-4H2/t5-/m0/s1. The second kappa shape index (κ2) is 4.47. The first-order valence-corrected chi connectivity index (χ1v) is 4.46. The fraction of sp³-hybridized carbons (Fsp3) is 0.714. The third-order valence-electron chi connectivity index (χ3n) is 1.69. The molecule has 0 spiro atoms. The van der Waals surface area contributed by atoms with Crippen LogP contribution in [0, 0.1) is 0 Å². The molecule has 0 radical (unpaired) electrons. The Labute approximate surface area is 76.1 Å². The van der Waals surface area contributed by atoms with Crippen molar-refractivity contribution >= 4 is 24.6 Å². The zero-order chi connectivity index (χ0) is 8.97. The minimum absolute atomic E-state index is 0.0571. The lowest BCUT2D eigenvalue weighted by Gasteiger charge is -2.07. The monoisotopic (exact) mass is 189 g/mol. The lowest BCUT2D eigenvalue weighted by molar-refractivity contribution is -0.159. The molecule has 1 heterocycles. The molecule has 0 aromatic carbocycles. The summed E-state index contributed by atoms with van der Waals surface area (Å²) in [5.74, 6) is -1.12. The van der Waals surface area contributed by atoms with Crippen LogP contribution in [0.5, 0.6) is 0 Å². The van der Waals surface area contributed by atoms with Crippen LogP contribution in [0.1, 0.15) is 12.8 Å². The molecule has 1 fully saturated rings. The van der Waals surface area contributed by atoms with Crippen molar-refractivity contribution in [3.63, 3.8) is 0 Å². The first kappa shape index (κ1) is 9.54. The number of hydrogen-bond donors (Lipinski definition) is 2. The van der Waals surface area contributed by atoms with Crippen molar-refractivity contribution in [2.24, 2.45) is 0 Å². The maximum absolute atomic E-state index is 11.1. The minimum Gasteiger partial charge on any atom is -0.391 e. The van der Waals surface area contributed by atoms with Gasteiger partial charge in [-0.25, -0.2) is 4.79 Å². The molecule has 1 aliphatic rings. The van der Waals surface area contributed by atoms with Crippen LogP contribution in [0.15, 0.2) is 0 Å². The number of rotatable bonds is 2. The summed E-state index contributed by atoms with van der Waals surface area (Å²) in [6, 6.07) is -0.297. The fourth-order valence-corrected chi connectivity index (χ4v) is 1.17. The van der Waals surface area contributed by atoms with Gasteiger partial charge in [0.25, 0.3) is 0 Å². The van der Waals surface area contributed by atoms with Crippen LogP contribution in [0.4, 0.5) is 0 Å². The molecule has 0 aromatic rings. The molecule has 0 bridgehead atoms. The van der Waals surface area contributed by atoms with Crippen molar-refractivity contribution in [1.29, 1.82) is 0 Å². The average molecular weight is 189 g/mol. The Hall–Kier alpha value is -0.550. The summed E-state index contributed by atoms with van der Waals surface area (Å²) in [4.78, 5) is 21.7. The lowest BCUT2D eigenvalue weighted by Crippen LogP contribution is -2.34. The molecule has 4 nitrogen and oxygen atoms in total. The molecular weight excluding hydrogens is 178 g/mol. The zero-order valence-electron chi connectivity index (χ0n) is 6.58. The molecule has 0 amide bonds. The van der Waals surface area contributed by atoms with E-state index in [9.17, 15) is 9.59 Å². The highest BCUT2D eigenvalue weighted by atomic mass is 32.1. The molecule has 1 atom stereocenters. The number of esters is 2. The molecular formula is C7H11NO3S. The van der Waals surface area contributed by atoms with E-state index in [1.54, 1.807) is 0 Å². The summed E-state index contributed by atoms with van der Waals surface area (Å²) in [5.41, 5.74) is 0. The van der Waals surface area contributed by atoms with Gasteiger partial charge in [-0.05, 0) is 19.4 Å². The normalized spacial score (nSPS) is 22.2. The molecule has 1 N–H and O–H groups in total. The topological polar surface area (TPSA) is 55.4 Å². The van der Waals surface area contributed by atoms with Crippen LogP contribution >= 0.6 is 12.6 Å². The highest BCUT2D eigenvalue weighted by Crippen LogP contribution is 2.06. The van der Waals surface area contributed by atoms with Gasteiger partial charge in [-0.15, -0.1) is 0 Å². The number of thiol groups is 1. The van der Waals surface area contributed by atoms with Gasteiger partial charge in [0.05, 0.1) is 5.75 Å². The third-order valence-corrected chi connectivity index (χ3v) is 1.95. The predicted molar refractivity (Wildman–Crippen MR) is 46.0 cm³/mol. The Morgan fingerprint density at radius 1 is 1.58 bits per heavy atom. The number of nitrogens with one attached hydrogen (secondary N) is 1. The van der Waals surface area contributed by atoms with Crippen LogP contribution in [0.25, 0.3) is 0 Å². The summed E-state index contributed by atoms with van der Waals surface area (Å²) < 4.78 is 4.47. The van der Waals surface area contributed by atoms with Gasteiger partial charge in [-0.1, -0.05) is 0 Å². The molecule has 5 heteroatoms. The smallest absolute Gasteiger partial charge is 0.330 e. The SMILES string of the molecule is O=C(CS)OC(=O)[C@@H]1CCCN1. The molecule has 0 saturated carbocycles. The minimum atomic E-state index is -0.586. The lowest BCUT2D eigenvalue weighted by atomic mass is 10.2. The molecule has 1 aliphatic heterocycles. The van der Waals surface area contributed by atoms with E-state index in [2.05, 4.69) is 22.7 Å². The van der Waals surface area contributed by atoms with Crippen LogP contribution in [0.2, 0.25) is 0 Å². The zero-order valence-corrected chi connectivity index (χ0v) is 7.47. The second-order valence-electron chi connectivity index (χ2n) is 2.60. The van der Waals surface area contributed by atoms with Gasteiger partial charge in [-0.2, -0.15) is 12.6 Å². The molecule has 0 aliphatic carbocycles. The van der Waals surface area contributed by atoms with E-state index in [0.717, 1.165) is 19.4 Å². The van der Waals surface area contributed by atoms with E-state index >= 15 is 0 Å². The van der Waals surface area contributed by atoms with Gasteiger partial charge in [0.2, 0.25) is 0 Å². The summed E-state index contributed by atoms with van der Waals surface area (Å²) in [5, 5.41) is 2.93. The molecule has 1 rings (SSSR count). The molecule has 12 heavy (non-hydrogen) atoms. The van der Waals surface area contributed by atoms with Crippen LogP contribution < -0.4 is 5.32 Å². The number of hydrogen-bond acceptors (Lipinski definition) is 5. The van der Waals surface area contributed by atoms with Crippen LogP contribution in [-0.2, 0) is 14.3 Å². The Morgan fingerprint density at radius 2 is 2.33 bits per heavy atom. The molecule has 1 saturated heterocycles. The van der Waals surface area contributed by atoms with Gasteiger partial charge < -0.3 is 10.1 Å². The maximum Gasteiger partial charge on any atom is 0.330 e. The van der Waals surface area contributed by atoms with E-state index < -0.39 is 11.9 Å². The Morgan fingerprint density at radius 3 is 2.83 bits per heavy atom. The number of carbonyl (C=O) groups excluding carboxylic acids is 2. The number of ether oxygens (including phenoxy) is 1. The van der Waals surface area contributed by atoms with Crippen molar-refractivity contribution in [3.05, 3.63) is 0 Å². The predicted octanol–water partition coefficient (Wildman–Crippen LogP) is -0.262. The van der Waals surface area contributed by atoms with E-state index in [1.165, 1.54) is 0 Å². The largest absolute Gasteiger partial charge is 0.391 e. The quantitative estimate of drug-likeness (QED) is 0.357. The van der Waals surface area contributed by atoms with Crippen molar-refractivity contribution < 1.29 is 14.3 Å². The van der Waals surface area contributed by atoms with Crippen molar-refractivity contribution in [3.8, 4) is 0 Å². The fourth-order valence-electron chi connectivity index (χ4n) is 1.10. The van der Waals surface area contributed by atoms with Gasteiger partial charge in [0.15, 0.2) is 0 Å². The summed E-state index contributed by atoms with van der Waals surface area (Å²) in [7, 11) is 0. The van der Waals surface area contributed by atoms with Crippen molar-refractivity contribution in [2.45, 2.75) is 18.9 Å². The van der Waals surface area contributed by atoms with Crippen LogP contribution in [-0.4, -0.2) is 30.3 Å². The molecule has 0 unspecified atom stereocenters. The van der Waals surface area contributed by atoms with Crippen LogP contribution in [0.3, 0.4) is 0 Å². The van der Waals surface area contributed by atoms with Gasteiger partial charge >= 0.3 is 11.9 Å². The molecule has 68 valence electrons. The molecule has 0 aromatic heterocycles. The Bertz CT molecular complexity index is 189. The Kier molecular flexibility index (Phi) is 3.55.